The van der Waals surface area contributed by atoms with Gasteiger partial charge in [0, 0.05) is 13.5 Å². The minimum Gasteiger partial charge on any atom is -0.331 e. The monoisotopic (exact) mass is 448 g/mol. The van der Waals surface area contributed by atoms with Crippen LogP contribution in [0.2, 0.25) is 0 Å². The van der Waals surface area contributed by atoms with E-state index in [0.717, 1.165) is 44.3 Å². The highest BCUT2D eigenvalue weighted by atomic mass is 19.1. The summed E-state index contributed by atoms with van der Waals surface area (Å²) in [6.07, 6.45) is 7.93. The second-order valence-corrected chi connectivity index (χ2v) is 10.2. The van der Waals surface area contributed by atoms with Gasteiger partial charge in [0.2, 0.25) is 0 Å². The molecule has 1 heterocycles. The number of benzene rings is 2. The summed E-state index contributed by atoms with van der Waals surface area (Å²) in [4.78, 5) is 7.28. The van der Waals surface area contributed by atoms with Crippen molar-refractivity contribution in [3.63, 3.8) is 0 Å². The molecule has 4 rings (SSSR count). The number of nitrogens with zero attached hydrogens (tertiary/aromatic N) is 3. The van der Waals surface area contributed by atoms with E-state index < -0.39 is 0 Å². The zero-order valence-electron chi connectivity index (χ0n) is 20.8. The third-order valence-electron chi connectivity index (χ3n) is 7.40. The summed E-state index contributed by atoms with van der Waals surface area (Å²) < 4.78 is 15.9. The van der Waals surface area contributed by atoms with E-state index in [1.165, 1.54) is 41.7 Å². The second kappa shape index (κ2) is 10.8. The number of hydrogen-bond acceptors (Lipinski definition) is 2. The second-order valence-electron chi connectivity index (χ2n) is 10.2. The van der Waals surface area contributed by atoms with E-state index in [9.17, 15) is 4.39 Å². The first-order valence-corrected chi connectivity index (χ1v) is 12.7. The van der Waals surface area contributed by atoms with Gasteiger partial charge in [-0.15, -0.1) is 0 Å². The van der Waals surface area contributed by atoms with E-state index in [1.54, 1.807) is 18.1 Å². The number of halogens is 1. The van der Waals surface area contributed by atoms with Crippen LogP contribution in [-0.2, 0) is 19.9 Å². The van der Waals surface area contributed by atoms with Crippen molar-refractivity contribution in [2.75, 3.05) is 20.1 Å². The Morgan fingerprint density at radius 2 is 1.85 bits per heavy atom. The molecule has 0 amide bonds. The zero-order valence-corrected chi connectivity index (χ0v) is 20.8. The van der Waals surface area contributed by atoms with Gasteiger partial charge < -0.3 is 9.47 Å². The van der Waals surface area contributed by atoms with Gasteiger partial charge in [-0.05, 0) is 105 Å². The summed E-state index contributed by atoms with van der Waals surface area (Å²) in [5, 5.41) is 0. The molecule has 1 aliphatic rings. The maximum atomic E-state index is 13.7. The van der Waals surface area contributed by atoms with Crippen LogP contribution < -0.4 is 0 Å². The number of fused-ring (bicyclic) bond motifs is 2. The molecule has 3 nitrogen and oxygen atoms in total. The summed E-state index contributed by atoms with van der Waals surface area (Å²) in [7, 11) is 4.38. The molecule has 1 aromatic heterocycles. The predicted octanol–water partition coefficient (Wildman–Crippen LogP) is 6.71. The van der Waals surface area contributed by atoms with Crippen LogP contribution in [0.1, 0.15) is 68.8 Å². The van der Waals surface area contributed by atoms with Crippen LogP contribution in [0.5, 0.6) is 0 Å². The Balaban J connectivity index is 1.20. The molecule has 0 fully saturated rings. The van der Waals surface area contributed by atoms with Gasteiger partial charge in [-0.1, -0.05) is 38.5 Å². The largest absolute Gasteiger partial charge is 0.331 e. The third kappa shape index (κ3) is 5.66. The Hall–Kier alpha value is -2.20. The number of rotatable bonds is 10. The van der Waals surface area contributed by atoms with Crippen LogP contribution in [0.25, 0.3) is 11.0 Å². The number of unbranched alkanes of at least 4 members (excludes halogenated alkanes) is 2. The summed E-state index contributed by atoms with van der Waals surface area (Å²) in [5.74, 6) is 3.76. The van der Waals surface area contributed by atoms with E-state index >= 15 is 0 Å². The highest BCUT2D eigenvalue weighted by molar-refractivity contribution is 5.75. The SMILES string of the molecule is CC(C)[C@@H]1[C](CCN(C)CCCCCc2nc3ccccc3n2C)CCc2cc(F)ccc21. The molecule has 0 spiro atoms. The minimum absolute atomic E-state index is 0.101. The smallest absolute Gasteiger partial charge is 0.123 e. The number of hydrogen-bond donors (Lipinski definition) is 0. The van der Waals surface area contributed by atoms with Crippen molar-refractivity contribution < 1.29 is 4.39 Å². The van der Waals surface area contributed by atoms with Gasteiger partial charge in [0.15, 0.2) is 0 Å². The topological polar surface area (TPSA) is 21.1 Å². The molecular weight excluding hydrogens is 409 g/mol. The molecule has 1 aliphatic carbocycles. The van der Waals surface area contributed by atoms with Gasteiger partial charge in [-0.25, -0.2) is 9.37 Å². The quantitative estimate of drug-likeness (QED) is 0.322. The molecule has 177 valence electrons. The number of aryl methyl sites for hydroxylation is 3. The van der Waals surface area contributed by atoms with Crippen molar-refractivity contribution in [1.29, 1.82) is 0 Å². The maximum Gasteiger partial charge on any atom is 0.123 e. The average Bonchev–Trinajstić information content (AvgIpc) is 3.12. The third-order valence-corrected chi connectivity index (χ3v) is 7.40. The molecule has 1 radical (unpaired) electrons. The highest BCUT2D eigenvalue weighted by Crippen LogP contribution is 2.44. The lowest BCUT2D eigenvalue weighted by molar-refractivity contribution is 0.308. The van der Waals surface area contributed by atoms with Gasteiger partial charge in [-0.2, -0.15) is 0 Å². The lowest BCUT2D eigenvalue weighted by Gasteiger charge is -2.37. The first-order valence-electron chi connectivity index (χ1n) is 12.7. The molecule has 0 unspecified atom stereocenters. The van der Waals surface area contributed by atoms with Crippen LogP contribution >= 0.6 is 0 Å². The number of para-hydroxylation sites is 2. The summed E-state index contributed by atoms with van der Waals surface area (Å²) in [5.41, 5.74) is 4.89. The van der Waals surface area contributed by atoms with Gasteiger partial charge in [0.1, 0.15) is 11.6 Å². The van der Waals surface area contributed by atoms with Crippen LogP contribution in [0.3, 0.4) is 0 Å². The molecule has 2 aromatic carbocycles. The molecular formula is C29H39FN3. The van der Waals surface area contributed by atoms with Crippen molar-refractivity contribution in [2.45, 2.75) is 64.7 Å². The molecule has 0 N–H and O–H groups in total. The fraction of sp³-hybridized carbons (Fsp3) is 0.517. The van der Waals surface area contributed by atoms with E-state index in [2.05, 4.69) is 61.7 Å². The summed E-state index contributed by atoms with van der Waals surface area (Å²) >= 11 is 0. The maximum absolute atomic E-state index is 13.7. The first kappa shape index (κ1) is 23.9. The van der Waals surface area contributed by atoms with E-state index in [0.29, 0.717) is 11.8 Å². The normalized spacial score (nSPS) is 16.8. The molecule has 1 atom stereocenters. The van der Waals surface area contributed by atoms with Gasteiger partial charge in [-0.3, -0.25) is 0 Å². The highest BCUT2D eigenvalue weighted by Gasteiger charge is 2.32. The fourth-order valence-corrected chi connectivity index (χ4v) is 5.58. The molecule has 0 saturated carbocycles. The van der Waals surface area contributed by atoms with E-state index in [1.807, 2.05) is 6.07 Å². The average molecular weight is 449 g/mol. The van der Waals surface area contributed by atoms with Gasteiger partial charge in [0.25, 0.3) is 0 Å². The number of imidazole rings is 1. The Kier molecular flexibility index (Phi) is 7.85. The molecule has 0 aliphatic heterocycles. The number of aromatic nitrogens is 2. The fourth-order valence-electron chi connectivity index (χ4n) is 5.58. The standard InChI is InChI=1S/C29H39FN3/c1-21(2)29-22(13-14-23-20-24(30)15-16-25(23)29)17-19-32(3)18-9-5-6-12-28-31-26-10-7-8-11-27(26)33(28)4/h7-8,10-11,15-16,20-21,29H,5-6,9,12-14,17-19H2,1-4H3/t29-/m1/s1. The molecule has 33 heavy (non-hydrogen) atoms. The zero-order chi connectivity index (χ0) is 23.4. The summed E-state index contributed by atoms with van der Waals surface area (Å²) in [6, 6.07) is 13.8. The Bertz CT molecular complexity index is 1050. The molecule has 0 saturated heterocycles. The Morgan fingerprint density at radius 3 is 2.64 bits per heavy atom. The van der Waals surface area contributed by atoms with Crippen LogP contribution in [0.15, 0.2) is 42.5 Å². The van der Waals surface area contributed by atoms with Gasteiger partial charge in [0.05, 0.1) is 11.0 Å². The molecule has 3 aromatic rings. The lowest BCUT2D eigenvalue weighted by Crippen LogP contribution is -2.28. The van der Waals surface area contributed by atoms with Crippen LogP contribution in [0, 0.1) is 17.7 Å². The molecule has 4 heteroatoms. The van der Waals surface area contributed by atoms with Crippen molar-refractivity contribution in [3.8, 4) is 0 Å². The minimum atomic E-state index is -0.101. The van der Waals surface area contributed by atoms with Crippen molar-refractivity contribution >= 4 is 11.0 Å². The van der Waals surface area contributed by atoms with Gasteiger partial charge >= 0.3 is 0 Å². The lowest BCUT2D eigenvalue weighted by atomic mass is 9.69. The van der Waals surface area contributed by atoms with Crippen molar-refractivity contribution in [2.24, 2.45) is 13.0 Å². The van der Waals surface area contributed by atoms with Crippen LogP contribution in [0.4, 0.5) is 4.39 Å². The van der Waals surface area contributed by atoms with E-state index in [-0.39, 0.29) is 5.82 Å². The first-order chi connectivity index (χ1) is 15.9. The van der Waals surface area contributed by atoms with Crippen molar-refractivity contribution in [3.05, 3.63) is 71.2 Å². The Morgan fingerprint density at radius 1 is 1.03 bits per heavy atom. The van der Waals surface area contributed by atoms with Crippen molar-refractivity contribution in [1.82, 2.24) is 14.5 Å². The molecule has 0 bridgehead atoms. The van der Waals surface area contributed by atoms with Crippen LogP contribution in [-0.4, -0.2) is 34.6 Å². The predicted molar refractivity (Wildman–Crippen MR) is 136 cm³/mol. The summed E-state index contributed by atoms with van der Waals surface area (Å²) in [6.45, 7) is 6.86. The Labute approximate surface area is 199 Å². The van der Waals surface area contributed by atoms with E-state index in [4.69, 9.17) is 4.98 Å².